The van der Waals surface area contributed by atoms with E-state index in [1.165, 1.54) is 0 Å². The normalized spacial score (nSPS) is 57.5. The van der Waals surface area contributed by atoms with Gasteiger partial charge in [-0.25, -0.2) is 0 Å². The van der Waals surface area contributed by atoms with Crippen molar-refractivity contribution in [2.45, 2.75) is 144 Å². The maximum Gasteiger partial charge on any atom is 0.475 e. The van der Waals surface area contributed by atoms with Gasteiger partial charge in [-0.05, 0) is 52.4 Å². The first-order valence-electron chi connectivity index (χ1n) is 22.6. The maximum atomic E-state index is 7.07. The summed E-state index contributed by atoms with van der Waals surface area (Å²) in [5.41, 5.74) is 0. The van der Waals surface area contributed by atoms with Gasteiger partial charge in [0, 0.05) is 91.7 Å². The molecule has 9 heterocycles. The summed E-state index contributed by atoms with van der Waals surface area (Å²) >= 11 is 0. The van der Waals surface area contributed by atoms with Crippen molar-refractivity contribution < 1.29 is 115 Å². The average molecular weight is 1340 g/mol. The molecule has 0 aliphatic carbocycles. The van der Waals surface area contributed by atoms with Crippen LogP contribution in [0, 0.1) is 0 Å². The van der Waals surface area contributed by atoms with Crippen molar-refractivity contribution in [2.75, 3.05) is 0 Å². The summed E-state index contributed by atoms with van der Waals surface area (Å²) in [6.07, 6.45) is 0. The van der Waals surface area contributed by atoms with Crippen LogP contribution in [-0.2, 0) is 115 Å². The summed E-state index contributed by atoms with van der Waals surface area (Å²) in [5.74, 6) is 0. The zero-order valence-corrected chi connectivity index (χ0v) is 63.9. The van der Waals surface area contributed by atoms with E-state index in [4.69, 9.17) is 115 Å². The predicted molar refractivity (Wildman–Crippen MR) is 277 cm³/mol. The molecule has 0 N–H and O–H groups in total. The maximum absolute atomic E-state index is 7.07. The second-order valence-corrected chi connectivity index (χ2v) is 81.3. The minimum atomic E-state index is -4.26. The van der Waals surface area contributed by atoms with Crippen molar-refractivity contribution in [3.8, 4) is 0 Å². The molecule has 16 atom stereocenters. The first kappa shape index (κ1) is 57.9. The summed E-state index contributed by atoms with van der Waals surface area (Å²) in [7, 11) is -75.4. The van der Waals surface area contributed by atoms with Gasteiger partial charge in [0.25, 0.3) is 0 Å². The SMILES string of the molecule is C[Si]1(C)O[Si](C)(C)O[Si]2(C)O[Si]3(C)O[SiH](O[Si]4(C)O[SiH](O3)O[Si]3(C)O[Si](C)(O4)O[Si]4(C)O[Si](C)(O3)O[Si]3(C)O[Si]5(C)O[Si]6(C)O[Si](C)(C)O[Si](C)(C)O[Si](C)(O6)O[Si](C)(O5)O[Si](C)(O4)O3)O[Si](C)(O1)O2. The molecule has 16 unspecified atom stereocenters. The molecule has 16 bridgehead atoms. The largest absolute Gasteiger partial charge is 0.475 e. The lowest BCUT2D eigenvalue weighted by Gasteiger charge is -2.57. The van der Waals surface area contributed by atoms with Gasteiger partial charge in [-0.15, -0.1) is 0 Å². The molecule has 28 nitrogen and oxygen atoms in total. The lowest BCUT2D eigenvalue weighted by atomic mass is 11.9. The molecule has 0 spiro atoms. The second-order valence-electron chi connectivity index (χ2n) is 21.2. The number of fused-ring (bicyclic) bond motifs is 16. The standard InChI is InChI=1S/C22H68O28Si20/c1-53(2)29-54(3,4)32-61(13)35-57(9)23-51(27-59(11,31-53)37-61)24-58(10)26-52(25-57)28-60(12)38-64(16,36-58)43-68(20)44-65(17,39-60)45-69(21)47-66(18)41-62(14)33-55(5,6)30-56(7,8)34-63(15,40-62)42-67(19,46-66)48-70(22,49-68)50-69/h51-52H,1-22H3. The Morgan fingerprint density at radius 3 is 0.486 bits per heavy atom. The first-order chi connectivity index (χ1) is 31.1. The van der Waals surface area contributed by atoms with E-state index in [-0.39, 0.29) is 0 Å². The van der Waals surface area contributed by atoms with Crippen LogP contribution in [0.5, 0.6) is 0 Å². The highest BCUT2D eigenvalue weighted by Crippen LogP contribution is 2.48. The van der Waals surface area contributed by atoms with Crippen molar-refractivity contribution in [1.82, 2.24) is 0 Å². The van der Waals surface area contributed by atoms with E-state index in [0.717, 1.165) is 0 Å². The minimum absolute atomic E-state index is 1.64. The van der Waals surface area contributed by atoms with E-state index in [1.807, 2.05) is 52.4 Å². The van der Waals surface area contributed by atoms with Gasteiger partial charge in [-0.2, -0.15) is 0 Å². The Balaban J connectivity index is 1.10. The molecule has 0 amide bonds. The highest BCUT2D eigenvalue weighted by molar-refractivity contribution is 7.02. The summed E-state index contributed by atoms with van der Waals surface area (Å²) in [5, 5.41) is 0. The number of rotatable bonds is 0. The third kappa shape index (κ3) is 12.9. The van der Waals surface area contributed by atoms with Gasteiger partial charge in [0.2, 0.25) is 0 Å². The van der Waals surface area contributed by atoms with Gasteiger partial charge >= 0.3 is 177 Å². The molecule has 0 radical (unpaired) electrons. The Hall–Kier alpha value is 3.22. The first-order valence-corrected chi connectivity index (χ1v) is 67.9. The Bertz CT molecular complexity index is 2120. The molecule has 9 aliphatic rings. The Morgan fingerprint density at radius 1 is 0.143 bits per heavy atom. The van der Waals surface area contributed by atoms with Crippen molar-refractivity contribution >= 4 is 177 Å². The highest BCUT2D eigenvalue weighted by atomic mass is 28.6. The zero-order chi connectivity index (χ0) is 52.0. The van der Waals surface area contributed by atoms with Crippen LogP contribution in [0.3, 0.4) is 0 Å². The summed E-state index contributed by atoms with van der Waals surface area (Å²) in [6, 6.07) is 0. The van der Waals surface area contributed by atoms with Gasteiger partial charge in [0.05, 0.1) is 0 Å². The minimum Gasteiger partial charge on any atom is -0.416 e. The smallest absolute Gasteiger partial charge is 0.416 e. The third-order valence-corrected chi connectivity index (χ3v) is 94.5. The molecule has 0 saturated carbocycles. The average Bonchev–Trinajstić information content (AvgIpc) is 2.92. The molecule has 9 fully saturated rings. The van der Waals surface area contributed by atoms with E-state index >= 15 is 0 Å². The van der Waals surface area contributed by atoms with Gasteiger partial charge in [-0.1, -0.05) is 0 Å². The quantitative estimate of drug-likeness (QED) is 0.316. The molecule has 0 aromatic rings. The van der Waals surface area contributed by atoms with Crippen LogP contribution in [0.15, 0.2) is 0 Å². The Kier molecular flexibility index (Phi) is 14.4. The van der Waals surface area contributed by atoms with Gasteiger partial charge in [0.1, 0.15) is 0 Å². The molecule has 0 aromatic carbocycles. The van der Waals surface area contributed by atoms with E-state index in [2.05, 4.69) is 0 Å². The molecule has 9 rings (SSSR count). The van der Waals surface area contributed by atoms with Crippen molar-refractivity contribution in [3.05, 3.63) is 0 Å². The molecule has 9 aliphatic heterocycles. The Labute approximate surface area is 432 Å². The second kappa shape index (κ2) is 17.4. The molecular formula is C22H68O28Si20. The van der Waals surface area contributed by atoms with Crippen LogP contribution in [0.25, 0.3) is 0 Å². The van der Waals surface area contributed by atoms with Crippen LogP contribution < -0.4 is 0 Å². The molecule has 48 heteroatoms. The predicted octanol–water partition coefficient (Wildman–Crippen LogP) is 2.78. The molecule has 0 aromatic heterocycles. The zero-order valence-electron chi connectivity index (χ0n) is 43.6. The van der Waals surface area contributed by atoms with Crippen LogP contribution in [0.4, 0.5) is 0 Å². The third-order valence-electron chi connectivity index (χ3n) is 10.5. The lowest BCUT2D eigenvalue weighted by molar-refractivity contribution is 0.00747. The Morgan fingerprint density at radius 2 is 0.271 bits per heavy atom. The van der Waals surface area contributed by atoms with Gasteiger partial charge < -0.3 is 115 Å². The van der Waals surface area contributed by atoms with Gasteiger partial charge in [0.15, 0.2) is 0 Å². The highest BCUT2D eigenvalue weighted by Gasteiger charge is 2.77. The monoisotopic (exact) mass is 1340 g/mol. The lowest BCUT2D eigenvalue weighted by Crippen LogP contribution is -2.83. The van der Waals surface area contributed by atoms with Crippen molar-refractivity contribution in [2.24, 2.45) is 0 Å². The molecule has 9 saturated heterocycles. The molecule has 404 valence electrons. The van der Waals surface area contributed by atoms with Crippen molar-refractivity contribution in [3.63, 3.8) is 0 Å². The summed E-state index contributed by atoms with van der Waals surface area (Å²) in [6.45, 7) is 38.8. The van der Waals surface area contributed by atoms with Crippen LogP contribution >= 0.6 is 0 Å². The van der Waals surface area contributed by atoms with E-state index in [9.17, 15) is 0 Å². The van der Waals surface area contributed by atoms with Crippen LogP contribution in [0.2, 0.25) is 144 Å². The van der Waals surface area contributed by atoms with E-state index in [1.54, 1.807) is 91.7 Å². The fourth-order valence-electron chi connectivity index (χ4n) is 10.5. The molecule has 70 heavy (non-hydrogen) atoms. The summed E-state index contributed by atoms with van der Waals surface area (Å²) < 4.78 is 193. The van der Waals surface area contributed by atoms with Crippen molar-refractivity contribution in [1.29, 1.82) is 0 Å². The van der Waals surface area contributed by atoms with Crippen LogP contribution in [0.1, 0.15) is 0 Å². The van der Waals surface area contributed by atoms with Gasteiger partial charge in [-0.3, -0.25) is 0 Å². The van der Waals surface area contributed by atoms with E-state index in [0.29, 0.717) is 0 Å². The van der Waals surface area contributed by atoms with Crippen LogP contribution in [-0.4, -0.2) is 177 Å². The molecular weight excluding hydrogens is 1270 g/mol. The fourth-order valence-corrected chi connectivity index (χ4v) is 116. The fraction of sp³-hybridized carbons (Fsp3) is 1.00. The topological polar surface area (TPSA) is 258 Å². The van der Waals surface area contributed by atoms with E-state index < -0.39 is 177 Å². The number of hydrogen-bond donors (Lipinski definition) is 0. The number of hydrogen-bond acceptors (Lipinski definition) is 28. The summed E-state index contributed by atoms with van der Waals surface area (Å²) in [4.78, 5) is 0.